The minimum absolute atomic E-state index is 0.179. The lowest BCUT2D eigenvalue weighted by atomic mass is 10.0. The zero-order valence-electron chi connectivity index (χ0n) is 11.5. The molecule has 18 heavy (non-hydrogen) atoms. The quantitative estimate of drug-likeness (QED) is 0.886. The van der Waals surface area contributed by atoms with Crippen LogP contribution in [0.3, 0.4) is 0 Å². The van der Waals surface area contributed by atoms with E-state index in [2.05, 4.69) is 31.0 Å². The molecule has 0 amide bonds. The van der Waals surface area contributed by atoms with E-state index in [0.29, 0.717) is 0 Å². The molecule has 0 spiro atoms. The minimum atomic E-state index is 0.179. The van der Waals surface area contributed by atoms with Gasteiger partial charge in [0.05, 0.1) is 0 Å². The smallest absolute Gasteiger partial charge is 0.0426 e. The maximum Gasteiger partial charge on any atom is 0.0426 e. The van der Waals surface area contributed by atoms with Gasteiger partial charge in [-0.3, -0.25) is 0 Å². The zero-order chi connectivity index (χ0) is 13.3. The van der Waals surface area contributed by atoms with Gasteiger partial charge >= 0.3 is 0 Å². The van der Waals surface area contributed by atoms with Gasteiger partial charge in [0.2, 0.25) is 0 Å². The number of rotatable bonds is 5. The SMILES string of the molecule is CC(N)Cc1ccc(Cl)cc1N(C)CC1CC1C. The first-order chi connectivity index (χ1) is 8.47. The molecule has 0 aromatic heterocycles. The molecule has 1 saturated carbocycles. The van der Waals surface area contributed by atoms with Crippen molar-refractivity contribution < 1.29 is 0 Å². The summed E-state index contributed by atoms with van der Waals surface area (Å²) in [6.07, 6.45) is 2.25. The van der Waals surface area contributed by atoms with Crippen LogP contribution in [0.1, 0.15) is 25.8 Å². The normalized spacial score (nSPS) is 23.8. The van der Waals surface area contributed by atoms with Crippen LogP contribution in [-0.4, -0.2) is 19.6 Å². The van der Waals surface area contributed by atoms with Gasteiger partial charge in [-0.05, 0) is 49.3 Å². The molecule has 1 aromatic rings. The molecule has 0 bridgehead atoms. The van der Waals surface area contributed by atoms with Crippen molar-refractivity contribution in [1.82, 2.24) is 0 Å². The van der Waals surface area contributed by atoms with Crippen LogP contribution in [0.2, 0.25) is 5.02 Å². The second-order valence-electron chi connectivity index (χ2n) is 5.81. The van der Waals surface area contributed by atoms with E-state index in [4.69, 9.17) is 17.3 Å². The second-order valence-corrected chi connectivity index (χ2v) is 6.24. The van der Waals surface area contributed by atoms with Crippen molar-refractivity contribution >= 4 is 17.3 Å². The fourth-order valence-electron chi connectivity index (χ4n) is 2.52. The van der Waals surface area contributed by atoms with Gasteiger partial charge in [0.25, 0.3) is 0 Å². The van der Waals surface area contributed by atoms with Gasteiger partial charge in [0, 0.05) is 30.3 Å². The van der Waals surface area contributed by atoms with Gasteiger partial charge in [0.1, 0.15) is 0 Å². The van der Waals surface area contributed by atoms with Crippen LogP contribution in [0.4, 0.5) is 5.69 Å². The van der Waals surface area contributed by atoms with Crippen molar-refractivity contribution in [3.05, 3.63) is 28.8 Å². The van der Waals surface area contributed by atoms with Gasteiger partial charge in [-0.15, -0.1) is 0 Å². The highest BCUT2D eigenvalue weighted by molar-refractivity contribution is 6.30. The fourth-order valence-corrected chi connectivity index (χ4v) is 2.68. The topological polar surface area (TPSA) is 29.3 Å². The predicted octanol–water partition coefficient (Wildman–Crippen LogP) is 3.32. The van der Waals surface area contributed by atoms with Crippen molar-refractivity contribution in [2.75, 3.05) is 18.5 Å². The van der Waals surface area contributed by atoms with Crippen LogP contribution >= 0.6 is 11.6 Å². The summed E-state index contributed by atoms with van der Waals surface area (Å²) in [7, 11) is 2.15. The Kier molecular flexibility index (Phi) is 4.18. The molecule has 0 radical (unpaired) electrons. The third-order valence-corrected chi connectivity index (χ3v) is 4.02. The van der Waals surface area contributed by atoms with Gasteiger partial charge in [-0.25, -0.2) is 0 Å². The average Bonchev–Trinajstić information content (AvgIpc) is 2.96. The molecule has 2 N–H and O–H groups in total. The standard InChI is InChI=1S/C15H23ClN2/c1-10-6-13(10)9-18(3)15-8-14(16)5-4-12(15)7-11(2)17/h4-5,8,10-11,13H,6-7,9,17H2,1-3H3. The molecule has 0 heterocycles. The van der Waals surface area contributed by atoms with Crippen molar-refractivity contribution in [3.8, 4) is 0 Å². The number of benzene rings is 1. The highest BCUT2D eigenvalue weighted by atomic mass is 35.5. The molecule has 1 aliphatic rings. The lowest BCUT2D eigenvalue weighted by molar-refractivity contribution is 0.709. The Morgan fingerprint density at radius 1 is 1.50 bits per heavy atom. The lowest BCUT2D eigenvalue weighted by Crippen LogP contribution is -2.24. The number of hydrogen-bond donors (Lipinski definition) is 1. The number of anilines is 1. The van der Waals surface area contributed by atoms with Crippen molar-refractivity contribution in [3.63, 3.8) is 0 Å². The van der Waals surface area contributed by atoms with Crippen LogP contribution in [0.25, 0.3) is 0 Å². The van der Waals surface area contributed by atoms with Crippen LogP contribution in [0.15, 0.2) is 18.2 Å². The Labute approximate surface area is 115 Å². The lowest BCUT2D eigenvalue weighted by Gasteiger charge is -2.23. The number of halogens is 1. The minimum Gasteiger partial charge on any atom is -0.374 e. The van der Waals surface area contributed by atoms with Gasteiger partial charge in [0.15, 0.2) is 0 Å². The molecule has 3 unspecified atom stereocenters. The predicted molar refractivity (Wildman–Crippen MR) is 79.3 cm³/mol. The first-order valence-corrected chi connectivity index (χ1v) is 7.10. The Balaban J connectivity index is 2.15. The maximum absolute atomic E-state index is 6.12. The average molecular weight is 267 g/mol. The molecular weight excluding hydrogens is 244 g/mol. The molecule has 0 aliphatic heterocycles. The van der Waals surface area contributed by atoms with E-state index in [1.165, 1.54) is 17.7 Å². The summed E-state index contributed by atoms with van der Waals surface area (Å²) in [6.45, 7) is 5.48. The first kappa shape index (κ1) is 13.7. The zero-order valence-corrected chi connectivity index (χ0v) is 12.2. The fraction of sp³-hybridized carbons (Fsp3) is 0.600. The van der Waals surface area contributed by atoms with Gasteiger partial charge in [-0.1, -0.05) is 24.6 Å². The third kappa shape index (κ3) is 3.39. The molecule has 2 nitrogen and oxygen atoms in total. The molecule has 1 aromatic carbocycles. The Morgan fingerprint density at radius 3 is 2.72 bits per heavy atom. The molecule has 2 rings (SSSR count). The van der Waals surface area contributed by atoms with E-state index < -0.39 is 0 Å². The Hall–Kier alpha value is -0.730. The molecule has 0 saturated heterocycles. The molecule has 3 atom stereocenters. The van der Waals surface area contributed by atoms with E-state index in [9.17, 15) is 0 Å². The molecule has 1 aliphatic carbocycles. The number of nitrogens with two attached hydrogens (primary N) is 1. The monoisotopic (exact) mass is 266 g/mol. The molecule has 3 heteroatoms. The maximum atomic E-state index is 6.12. The van der Waals surface area contributed by atoms with E-state index in [1.54, 1.807) is 0 Å². The summed E-state index contributed by atoms with van der Waals surface area (Å²) >= 11 is 6.12. The first-order valence-electron chi connectivity index (χ1n) is 6.72. The Bertz CT molecular complexity index is 417. The summed E-state index contributed by atoms with van der Waals surface area (Å²) in [5.41, 5.74) is 8.45. The van der Waals surface area contributed by atoms with E-state index >= 15 is 0 Å². The molecular formula is C15H23ClN2. The van der Waals surface area contributed by atoms with Crippen LogP contribution < -0.4 is 10.6 Å². The number of hydrogen-bond acceptors (Lipinski definition) is 2. The summed E-state index contributed by atoms with van der Waals surface area (Å²) in [5, 5.41) is 0.800. The van der Waals surface area contributed by atoms with Crippen molar-refractivity contribution in [2.45, 2.75) is 32.7 Å². The largest absolute Gasteiger partial charge is 0.374 e. The van der Waals surface area contributed by atoms with E-state index in [-0.39, 0.29) is 6.04 Å². The van der Waals surface area contributed by atoms with Crippen LogP contribution in [-0.2, 0) is 6.42 Å². The van der Waals surface area contributed by atoms with E-state index in [0.717, 1.165) is 29.8 Å². The highest BCUT2D eigenvalue weighted by Gasteiger charge is 2.33. The van der Waals surface area contributed by atoms with Gasteiger partial charge < -0.3 is 10.6 Å². The Morgan fingerprint density at radius 2 is 2.17 bits per heavy atom. The summed E-state index contributed by atoms with van der Waals surface area (Å²) < 4.78 is 0. The summed E-state index contributed by atoms with van der Waals surface area (Å²) in [6, 6.07) is 6.30. The molecule has 1 fully saturated rings. The van der Waals surface area contributed by atoms with Crippen molar-refractivity contribution in [1.29, 1.82) is 0 Å². The van der Waals surface area contributed by atoms with Crippen LogP contribution in [0, 0.1) is 11.8 Å². The summed E-state index contributed by atoms with van der Waals surface area (Å²) in [4.78, 5) is 2.33. The highest BCUT2D eigenvalue weighted by Crippen LogP contribution is 2.39. The molecule has 100 valence electrons. The van der Waals surface area contributed by atoms with Crippen LogP contribution in [0.5, 0.6) is 0 Å². The second kappa shape index (κ2) is 5.50. The summed E-state index contributed by atoms with van der Waals surface area (Å²) in [5.74, 6) is 1.72. The van der Waals surface area contributed by atoms with Gasteiger partial charge in [-0.2, -0.15) is 0 Å². The third-order valence-electron chi connectivity index (χ3n) is 3.78. The van der Waals surface area contributed by atoms with Crippen molar-refractivity contribution in [2.24, 2.45) is 17.6 Å². The van der Waals surface area contributed by atoms with E-state index in [1.807, 2.05) is 13.0 Å². The number of nitrogens with zero attached hydrogens (tertiary/aromatic N) is 1.